The van der Waals surface area contributed by atoms with E-state index in [4.69, 9.17) is 0 Å². The van der Waals surface area contributed by atoms with Crippen LogP contribution in [-0.2, 0) is 17.8 Å². The average Bonchev–Trinajstić information content (AvgIpc) is 3.32. The van der Waals surface area contributed by atoms with E-state index in [1.807, 2.05) is 64.9 Å². The predicted octanol–water partition coefficient (Wildman–Crippen LogP) is 5.70. The standard InChI is InChI=1S/C31H37N3O2/c1-23-15-17-26(18-16-23)32-30(36)31(2)22-33-27(25-13-7-4-8-14-25)19-20-28(33)29(35)34(31)21-9-12-24-10-5-3-6-11-24/h3-8,10-11,13-14,19-20,23,26H,9,12,15-18,21-22H2,1-2H3,(H,32,36)/t23?,26?,31-/m0/s1. The first-order valence-corrected chi connectivity index (χ1v) is 13.4. The molecule has 1 fully saturated rings. The van der Waals surface area contributed by atoms with Crippen LogP contribution >= 0.6 is 0 Å². The van der Waals surface area contributed by atoms with Crippen molar-refractivity contribution in [3.8, 4) is 11.3 Å². The largest absolute Gasteiger partial charge is 0.351 e. The lowest BCUT2D eigenvalue weighted by Crippen LogP contribution is -2.65. The Morgan fingerprint density at radius 2 is 1.56 bits per heavy atom. The third kappa shape index (κ3) is 4.84. The maximum absolute atomic E-state index is 13.9. The Labute approximate surface area is 214 Å². The van der Waals surface area contributed by atoms with Crippen LogP contribution in [0.25, 0.3) is 11.3 Å². The number of hydrogen-bond donors (Lipinski definition) is 1. The first kappa shape index (κ1) is 24.4. The molecule has 5 rings (SSSR count). The Balaban J connectivity index is 1.43. The van der Waals surface area contributed by atoms with E-state index in [2.05, 4.69) is 36.5 Å². The predicted molar refractivity (Wildman–Crippen MR) is 144 cm³/mol. The van der Waals surface area contributed by atoms with Crippen molar-refractivity contribution in [3.63, 3.8) is 0 Å². The molecule has 2 aromatic carbocycles. The number of carbonyl (C=O) groups excluding carboxylic acids is 2. The van der Waals surface area contributed by atoms with Gasteiger partial charge in [-0.2, -0.15) is 0 Å². The molecule has 1 saturated carbocycles. The molecule has 5 heteroatoms. The minimum absolute atomic E-state index is 0.0338. The topological polar surface area (TPSA) is 54.3 Å². The number of aromatic nitrogens is 1. The first-order chi connectivity index (χ1) is 17.5. The summed E-state index contributed by atoms with van der Waals surface area (Å²) < 4.78 is 2.05. The highest BCUT2D eigenvalue weighted by Crippen LogP contribution is 2.34. The third-order valence-corrected chi connectivity index (χ3v) is 8.11. The van der Waals surface area contributed by atoms with Crippen LogP contribution in [0, 0.1) is 5.92 Å². The summed E-state index contributed by atoms with van der Waals surface area (Å²) >= 11 is 0. The number of nitrogens with one attached hydrogen (secondary N) is 1. The first-order valence-electron chi connectivity index (χ1n) is 13.4. The second-order valence-corrected chi connectivity index (χ2v) is 10.8. The van der Waals surface area contributed by atoms with Crippen LogP contribution in [0.2, 0.25) is 0 Å². The molecule has 3 aromatic rings. The van der Waals surface area contributed by atoms with Crippen molar-refractivity contribution < 1.29 is 9.59 Å². The number of amides is 2. The van der Waals surface area contributed by atoms with Gasteiger partial charge in [0.1, 0.15) is 11.2 Å². The van der Waals surface area contributed by atoms with Gasteiger partial charge in [-0.25, -0.2) is 0 Å². The summed E-state index contributed by atoms with van der Waals surface area (Å²) in [6.07, 6.45) is 5.98. The van der Waals surface area contributed by atoms with Crippen LogP contribution in [0.15, 0.2) is 72.8 Å². The highest BCUT2D eigenvalue weighted by molar-refractivity contribution is 6.00. The number of benzene rings is 2. The molecule has 2 aliphatic rings. The lowest BCUT2D eigenvalue weighted by atomic mass is 9.86. The van der Waals surface area contributed by atoms with Crippen LogP contribution < -0.4 is 5.32 Å². The SMILES string of the molecule is CC1CCC(NC(=O)[C@]2(C)Cn3c(ccc3-c3ccccc3)C(=O)N2CCCc2ccccc2)CC1. The van der Waals surface area contributed by atoms with Gasteiger partial charge >= 0.3 is 0 Å². The van der Waals surface area contributed by atoms with Gasteiger partial charge in [-0.1, -0.05) is 67.6 Å². The maximum atomic E-state index is 13.9. The number of aryl methyl sites for hydroxylation is 1. The van der Waals surface area contributed by atoms with Crippen molar-refractivity contribution in [2.24, 2.45) is 5.92 Å². The molecule has 0 spiro atoms. The summed E-state index contributed by atoms with van der Waals surface area (Å²) in [6, 6.07) is 24.6. The van der Waals surface area contributed by atoms with E-state index in [0.717, 1.165) is 55.7 Å². The molecule has 1 atom stereocenters. The molecule has 0 bridgehead atoms. The van der Waals surface area contributed by atoms with Crippen LogP contribution in [0.5, 0.6) is 0 Å². The van der Waals surface area contributed by atoms with Gasteiger partial charge in [-0.15, -0.1) is 0 Å². The van der Waals surface area contributed by atoms with E-state index >= 15 is 0 Å². The van der Waals surface area contributed by atoms with E-state index in [1.54, 1.807) is 0 Å². The zero-order valence-electron chi connectivity index (χ0n) is 21.5. The summed E-state index contributed by atoms with van der Waals surface area (Å²) in [5, 5.41) is 3.34. The number of rotatable bonds is 7. The van der Waals surface area contributed by atoms with E-state index < -0.39 is 5.54 Å². The van der Waals surface area contributed by atoms with Crippen LogP contribution in [0.3, 0.4) is 0 Å². The third-order valence-electron chi connectivity index (χ3n) is 8.11. The van der Waals surface area contributed by atoms with Gasteiger partial charge in [-0.05, 0) is 74.6 Å². The molecule has 2 heterocycles. The fourth-order valence-corrected chi connectivity index (χ4v) is 5.82. The molecule has 1 aliphatic heterocycles. The Morgan fingerprint density at radius 1 is 0.917 bits per heavy atom. The smallest absolute Gasteiger partial charge is 0.271 e. The Hall–Kier alpha value is -3.34. The fraction of sp³-hybridized carbons (Fsp3) is 0.419. The van der Waals surface area contributed by atoms with E-state index in [0.29, 0.717) is 18.8 Å². The van der Waals surface area contributed by atoms with E-state index in [-0.39, 0.29) is 17.9 Å². The van der Waals surface area contributed by atoms with Gasteiger partial charge in [0.2, 0.25) is 5.91 Å². The second-order valence-electron chi connectivity index (χ2n) is 10.8. The van der Waals surface area contributed by atoms with Crippen LogP contribution in [0.1, 0.15) is 62.0 Å². The van der Waals surface area contributed by atoms with Gasteiger partial charge in [-0.3, -0.25) is 9.59 Å². The molecule has 0 unspecified atom stereocenters. The van der Waals surface area contributed by atoms with Gasteiger partial charge in [0, 0.05) is 18.3 Å². The summed E-state index contributed by atoms with van der Waals surface area (Å²) in [6.45, 7) is 5.23. The quantitative estimate of drug-likeness (QED) is 0.469. The second kappa shape index (κ2) is 10.3. The lowest BCUT2D eigenvalue weighted by Gasteiger charge is -2.45. The number of fused-ring (bicyclic) bond motifs is 1. The molecule has 1 aliphatic carbocycles. The van der Waals surface area contributed by atoms with Crippen molar-refractivity contribution in [3.05, 3.63) is 84.1 Å². The van der Waals surface area contributed by atoms with E-state index in [9.17, 15) is 9.59 Å². The molecule has 0 saturated heterocycles. The summed E-state index contributed by atoms with van der Waals surface area (Å²) in [5.74, 6) is 0.621. The monoisotopic (exact) mass is 483 g/mol. The van der Waals surface area contributed by atoms with Crippen molar-refractivity contribution >= 4 is 11.8 Å². The van der Waals surface area contributed by atoms with Crippen LogP contribution in [-0.4, -0.2) is 39.4 Å². The number of hydrogen-bond acceptors (Lipinski definition) is 2. The zero-order chi connectivity index (χ0) is 25.1. The molecule has 0 radical (unpaired) electrons. The van der Waals surface area contributed by atoms with Crippen LogP contribution in [0.4, 0.5) is 0 Å². The molecular weight excluding hydrogens is 446 g/mol. The zero-order valence-corrected chi connectivity index (χ0v) is 21.5. The van der Waals surface area contributed by atoms with Gasteiger partial charge < -0.3 is 14.8 Å². The van der Waals surface area contributed by atoms with Crippen molar-refractivity contribution in [2.75, 3.05) is 6.54 Å². The maximum Gasteiger partial charge on any atom is 0.271 e. The molecule has 188 valence electrons. The fourth-order valence-electron chi connectivity index (χ4n) is 5.82. The minimum Gasteiger partial charge on any atom is -0.351 e. The Bertz CT molecular complexity index is 1200. The Morgan fingerprint density at radius 3 is 2.25 bits per heavy atom. The summed E-state index contributed by atoms with van der Waals surface area (Å²) in [4.78, 5) is 29.6. The van der Waals surface area contributed by atoms with E-state index in [1.165, 1.54) is 5.56 Å². The van der Waals surface area contributed by atoms with Crippen molar-refractivity contribution in [1.29, 1.82) is 0 Å². The highest BCUT2D eigenvalue weighted by atomic mass is 16.2. The van der Waals surface area contributed by atoms with Crippen molar-refractivity contribution in [1.82, 2.24) is 14.8 Å². The Kier molecular flexibility index (Phi) is 6.99. The lowest BCUT2D eigenvalue weighted by molar-refractivity contribution is -0.133. The average molecular weight is 484 g/mol. The van der Waals surface area contributed by atoms with Gasteiger partial charge in [0.15, 0.2) is 0 Å². The summed E-state index contributed by atoms with van der Waals surface area (Å²) in [5.41, 5.74) is 2.99. The molecule has 1 aromatic heterocycles. The minimum atomic E-state index is -0.952. The molecular formula is C31H37N3O2. The van der Waals surface area contributed by atoms with Gasteiger partial charge in [0.25, 0.3) is 5.91 Å². The number of nitrogens with zero attached hydrogens (tertiary/aromatic N) is 2. The number of carbonyl (C=O) groups is 2. The highest BCUT2D eigenvalue weighted by Gasteiger charge is 2.48. The molecule has 2 amide bonds. The molecule has 36 heavy (non-hydrogen) atoms. The molecule has 5 nitrogen and oxygen atoms in total. The summed E-state index contributed by atoms with van der Waals surface area (Å²) in [7, 11) is 0. The molecule has 1 N–H and O–H groups in total. The normalized spacial score (nSPS) is 23.8. The van der Waals surface area contributed by atoms with Crippen molar-refractivity contribution in [2.45, 2.75) is 70.5 Å². The van der Waals surface area contributed by atoms with Gasteiger partial charge in [0.05, 0.1) is 6.54 Å².